The van der Waals surface area contributed by atoms with E-state index in [9.17, 15) is 14.4 Å². The highest BCUT2D eigenvalue weighted by Crippen LogP contribution is 2.32. The molecule has 1 aliphatic rings. The Bertz CT molecular complexity index is 1220. The van der Waals surface area contributed by atoms with Crippen LogP contribution in [0.4, 0.5) is 11.4 Å². The summed E-state index contributed by atoms with van der Waals surface area (Å²) >= 11 is 1.57. The van der Waals surface area contributed by atoms with E-state index in [2.05, 4.69) is 11.9 Å². The van der Waals surface area contributed by atoms with Crippen LogP contribution in [0, 0.1) is 6.92 Å². The van der Waals surface area contributed by atoms with E-state index < -0.39 is 5.91 Å². The summed E-state index contributed by atoms with van der Waals surface area (Å²) in [6.45, 7) is 5.57. The first kappa shape index (κ1) is 20.6. The standard InChI is InChI=1S/C25H20N2O3S/c1-3-14-31-22-11-7-5-9-20(22)26-23(28)17-12-13-18-19(15-17)25(30)27(24(18)29)21-10-6-4-8-16(21)2/h3-13,15H,1,14H2,2H3,(H,26,28). The van der Waals surface area contributed by atoms with Crippen molar-refractivity contribution in [3.05, 3.63) is 102 Å². The predicted molar refractivity (Wildman–Crippen MR) is 124 cm³/mol. The van der Waals surface area contributed by atoms with E-state index in [0.717, 1.165) is 16.2 Å². The molecule has 3 aromatic rings. The molecule has 0 atom stereocenters. The number of benzene rings is 3. The molecule has 3 aromatic carbocycles. The lowest BCUT2D eigenvalue weighted by atomic mass is 10.1. The van der Waals surface area contributed by atoms with Crippen molar-refractivity contribution in [3.63, 3.8) is 0 Å². The molecule has 31 heavy (non-hydrogen) atoms. The molecule has 0 saturated carbocycles. The molecule has 3 amide bonds. The number of hydrogen-bond donors (Lipinski definition) is 1. The summed E-state index contributed by atoms with van der Waals surface area (Å²) in [7, 11) is 0. The number of nitrogens with zero attached hydrogens (tertiary/aromatic N) is 1. The number of amides is 3. The van der Waals surface area contributed by atoms with Gasteiger partial charge in [-0.05, 0) is 48.9 Å². The molecule has 6 heteroatoms. The van der Waals surface area contributed by atoms with E-state index in [1.54, 1.807) is 42.1 Å². The van der Waals surface area contributed by atoms with E-state index in [0.29, 0.717) is 22.5 Å². The topological polar surface area (TPSA) is 66.5 Å². The maximum Gasteiger partial charge on any atom is 0.266 e. The molecule has 0 unspecified atom stereocenters. The van der Waals surface area contributed by atoms with Gasteiger partial charge in [0.2, 0.25) is 0 Å². The maximum absolute atomic E-state index is 13.0. The average molecular weight is 429 g/mol. The van der Waals surface area contributed by atoms with Crippen LogP contribution in [0.15, 0.2) is 84.3 Å². The quantitative estimate of drug-likeness (QED) is 0.328. The summed E-state index contributed by atoms with van der Waals surface area (Å²) in [6, 6.07) is 19.3. The van der Waals surface area contributed by atoms with Crippen LogP contribution in [0.25, 0.3) is 0 Å². The summed E-state index contributed by atoms with van der Waals surface area (Å²) in [6.07, 6.45) is 1.80. The number of carbonyl (C=O) groups excluding carboxylic acids is 3. The van der Waals surface area contributed by atoms with Crippen LogP contribution in [0.1, 0.15) is 36.6 Å². The van der Waals surface area contributed by atoms with E-state index in [4.69, 9.17) is 0 Å². The van der Waals surface area contributed by atoms with Crippen molar-refractivity contribution in [2.45, 2.75) is 11.8 Å². The Labute approximate surface area is 184 Å². The van der Waals surface area contributed by atoms with Crippen LogP contribution in [0.5, 0.6) is 0 Å². The SMILES string of the molecule is C=CCSc1ccccc1NC(=O)c1ccc2c(c1)C(=O)N(c1ccccc1C)C2=O. The second-order valence-corrected chi connectivity index (χ2v) is 8.10. The fourth-order valence-corrected chi connectivity index (χ4v) is 4.20. The van der Waals surface area contributed by atoms with Crippen LogP contribution in [0.2, 0.25) is 0 Å². The minimum atomic E-state index is -0.425. The van der Waals surface area contributed by atoms with Crippen molar-refractivity contribution in [2.24, 2.45) is 0 Å². The first-order valence-corrected chi connectivity index (χ1v) is 10.7. The zero-order valence-electron chi connectivity index (χ0n) is 16.9. The molecule has 0 fully saturated rings. The Hall–Kier alpha value is -3.64. The molecule has 0 bridgehead atoms. The van der Waals surface area contributed by atoms with Crippen molar-refractivity contribution in [3.8, 4) is 0 Å². The van der Waals surface area contributed by atoms with E-state index in [1.807, 2.05) is 43.3 Å². The number of imide groups is 1. The number of aryl methyl sites for hydroxylation is 1. The number of anilines is 2. The summed E-state index contributed by atoms with van der Waals surface area (Å²) in [5, 5.41) is 2.90. The molecule has 0 aliphatic carbocycles. The summed E-state index contributed by atoms with van der Waals surface area (Å²) in [5.41, 5.74) is 2.90. The lowest BCUT2D eigenvalue weighted by Crippen LogP contribution is -2.29. The third-order valence-electron chi connectivity index (χ3n) is 5.00. The molecule has 1 heterocycles. The van der Waals surface area contributed by atoms with Crippen molar-refractivity contribution in [1.29, 1.82) is 0 Å². The minimum absolute atomic E-state index is 0.232. The van der Waals surface area contributed by atoms with Gasteiger partial charge in [0.15, 0.2) is 0 Å². The van der Waals surface area contributed by atoms with Gasteiger partial charge in [-0.1, -0.05) is 36.4 Å². The van der Waals surface area contributed by atoms with Crippen LogP contribution < -0.4 is 10.2 Å². The van der Waals surface area contributed by atoms with Crippen molar-refractivity contribution >= 4 is 40.9 Å². The monoisotopic (exact) mass is 428 g/mol. The number of rotatable bonds is 6. The van der Waals surface area contributed by atoms with E-state index >= 15 is 0 Å². The molecule has 0 saturated heterocycles. The van der Waals surface area contributed by atoms with Gasteiger partial charge in [-0.15, -0.1) is 18.3 Å². The molecule has 1 N–H and O–H groups in total. The zero-order chi connectivity index (χ0) is 22.0. The van der Waals surface area contributed by atoms with Gasteiger partial charge < -0.3 is 5.32 Å². The molecule has 4 rings (SSSR count). The zero-order valence-corrected chi connectivity index (χ0v) is 17.7. The number of thioether (sulfide) groups is 1. The van der Waals surface area contributed by atoms with Gasteiger partial charge in [0.1, 0.15) is 0 Å². The van der Waals surface area contributed by atoms with E-state index in [1.165, 1.54) is 11.0 Å². The van der Waals surface area contributed by atoms with Crippen molar-refractivity contribution < 1.29 is 14.4 Å². The van der Waals surface area contributed by atoms with Gasteiger partial charge in [-0.25, -0.2) is 4.90 Å². The molecule has 1 aliphatic heterocycles. The first-order chi connectivity index (χ1) is 15.0. The third kappa shape index (κ3) is 3.90. The Kier molecular flexibility index (Phi) is 5.73. The largest absolute Gasteiger partial charge is 0.321 e. The smallest absolute Gasteiger partial charge is 0.266 e. The second-order valence-electron chi connectivity index (χ2n) is 7.04. The van der Waals surface area contributed by atoms with Gasteiger partial charge in [0, 0.05) is 16.2 Å². The average Bonchev–Trinajstić information content (AvgIpc) is 3.03. The summed E-state index contributed by atoms with van der Waals surface area (Å²) in [4.78, 5) is 40.9. The predicted octanol–water partition coefficient (Wildman–Crippen LogP) is 5.33. The molecular formula is C25H20N2O3S. The van der Waals surface area contributed by atoms with Crippen LogP contribution >= 0.6 is 11.8 Å². The fraction of sp³-hybridized carbons (Fsp3) is 0.0800. The fourth-order valence-electron chi connectivity index (χ4n) is 3.45. The highest BCUT2D eigenvalue weighted by Gasteiger charge is 2.37. The van der Waals surface area contributed by atoms with Crippen LogP contribution in [-0.2, 0) is 0 Å². The molecule has 0 radical (unpaired) electrons. The normalized spacial score (nSPS) is 12.6. The first-order valence-electron chi connectivity index (χ1n) is 9.74. The van der Waals surface area contributed by atoms with Crippen LogP contribution in [0.3, 0.4) is 0 Å². The highest BCUT2D eigenvalue weighted by molar-refractivity contribution is 7.99. The van der Waals surface area contributed by atoms with Gasteiger partial charge >= 0.3 is 0 Å². The molecule has 0 aromatic heterocycles. The summed E-state index contributed by atoms with van der Waals surface area (Å²) in [5.74, 6) is -0.431. The molecule has 0 spiro atoms. The second kappa shape index (κ2) is 8.62. The lowest BCUT2D eigenvalue weighted by Gasteiger charge is -2.16. The number of fused-ring (bicyclic) bond motifs is 1. The van der Waals surface area contributed by atoms with Gasteiger partial charge in [0.05, 0.1) is 22.5 Å². The van der Waals surface area contributed by atoms with Gasteiger partial charge in [-0.2, -0.15) is 0 Å². The summed E-state index contributed by atoms with van der Waals surface area (Å²) < 4.78 is 0. The van der Waals surface area contributed by atoms with Gasteiger partial charge in [-0.3, -0.25) is 14.4 Å². The molecular weight excluding hydrogens is 408 g/mol. The van der Waals surface area contributed by atoms with Crippen molar-refractivity contribution in [1.82, 2.24) is 0 Å². The van der Waals surface area contributed by atoms with Crippen LogP contribution in [-0.4, -0.2) is 23.5 Å². The number of para-hydroxylation sites is 2. The Morgan fingerprint density at radius 1 is 1.00 bits per heavy atom. The number of nitrogens with one attached hydrogen (secondary N) is 1. The number of hydrogen-bond acceptors (Lipinski definition) is 4. The highest BCUT2D eigenvalue weighted by atomic mass is 32.2. The lowest BCUT2D eigenvalue weighted by molar-refractivity contribution is 0.0925. The molecule has 154 valence electrons. The van der Waals surface area contributed by atoms with Gasteiger partial charge in [0.25, 0.3) is 17.7 Å². The number of carbonyl (C=O) groups is 3. The van der Waals surface area contributed by atoms with Crippen molar-refractivity contribution in [2.75, 3.05) is 16.0 Å². The third-order valence-corrected chi connectivity index (χ3v) is 6.07. The Balaban J connectivity index is 1.62. The Morgan fingerprint density at radius 3 is 2.48 bits per heavy atom. The maximum atomic E-state index is 13.0. The minimum Gasteiger partial charge on any atom is -0.321 e. The Morgan fingerprint density at radius 2 is 1.71 bits per heavy atom. The van der Waals surface area contributed by atoms with E-state index in [-0.39, 0.29) is 17.4 Å². The molecule has 5 nitrogen and oxygen atoms in total.